The molecule has 0 aromatic heterocycles. The maximum absolute atomic E-state index is 10.3. The molecule has 11 heteroatoms. The van der Waals surface area contributed by atoms with Gasteiger partial charge in [0, 0.05) is 11.8 Å². The molecule has 202 valence electrons. The van der Waals surface area contributed by atoms with E-state index in [0.29, 0.717) is 24.7 Å². The van der Waals surface area contributed by atoms with Crippen molar-refractivity contribution in [2.45, 2.75) is 42.9 Å². The molecule has 0 amide bonds. The van der Waals surface area contributed by atoms with Gasteiger partial charge in [0.15, 0.2) is 23.0 Å². The van der Waals surface area contributed by atoms with Crippen molar-refractivity contribution in [1.82, 2.24) is 0 Å². The number of hydrogen-bond acceptors (Lipinski definition) is 11. The summed E-state index contributed by atoms with van der Waals surface area (Å²) in [5, 5.41) is 49.7. The van der Waals surface area contributed by atoms with Crippen LogP contribution >= 0.6 is 0 Å². The molecule has 0 bridgehead atoms. The van der Waals surface area contributed by atoms with E-state index >= 15 is 0 Å². The van der Waals surface area contributed by atoms with E-state index in [1.54, 1.807) is 24.3 Å². The van der Waals surface area contributed by atoms with E-state index in [9.17, 15) is 25.5 Å². The van der Waals surface area contributed by atoms with E-state index in [2.05, 4.69) is 0 Å². The number of phenols is 1. The molecule has 0 saturated carbocycles. The number of aromatic hydroxyl groups is 1. The molecule has 2 aromatic rings. The number of ether oxygens (including phenoxy) is 6. The summed E-state index contributed by atoms with van der Waals surface area (Å²) in [7, 11) is 2.98. The highest BCUT2D eigenvalue weighted by molar-refractivity contribution is 5.45. The van der Waals surface area contributed by atoms with Crippen LogP contribution in [-0.2, 0) is 14.2 Å². The smallest absolute Gasteiger partial charge is 0.229 e. The minimum absolute atomic E-state index is 0.0689. The number of aliphatic hydroxyl groups excluding tert-OH is 4. The standard InChI is InChI=1S/C26H32O11/c1-32-18-7-12(3-5-16(18)28)24-14-10-35-25(15(14)11-34-24)13-4-6-17(19(8-13)33-2)36-26-23(31)22(30)21(29)20(9-27)37-26/h3-8,14-15,20-31H,9-11H2,1-2H3/t14-,15-,20?,21?,22?,23?,24?,25?,26?/m0/s1. The van der Waals surface area contributed by atoms with Crippen LogP contribution in [0.15, 0.2) is 36.4 Å². The second kappa shape index (κ2) is 10.6. The number of hydrogen-bond donors (Lipinski definition) is 5. The van der Waals surface area contributed by atoms with Gasteiger partial charge in [-0.1, -0.05) is 12.1 Å². The third kappa shape index (κ3) is 4.72. The Morgan fingerprint density at radius 2 is 1.38 bits per heavy atom. The highest BCUT2D eigenvalue weighted by Crippen LogP contribution is 2.51. The fourth-order valence-electron chi connectivity index (χ4n) is 5.35. The van der Waals surface area contributed by atoms with E-state index in [1.165, 1.54) is 14.2 Å². The molecule has 0 radical (unpaired) electrons. The third-order valence-corrected chi connectivity index (χ3v) is 7.40. The summed E-state index contributed by atoms with van der Waals surface area (Å²) in [6, 6.07) is 10.5. The summed E-state index contributed by atoms with van der Waals surface area (Å²) in [5.74, 6) is 1.27. The maximum atomic E-state index is 10.3. The van der Waals surface area contributed by atoms with Crippen molar-refractivity contribution in [3.63, 3.8) is 0 Å². The van der Waals surface area contributed by atoms with Gasteiger partial charge in [-0.3, -0.25) is 0 Å². The van der Waals surface area contributed by atoms with E-state index < -0.39 is 37.3 Å². The average Bonchev–Trinajstić information content (AvgIpc) is 3.52. The van der Waals surface area contributed by atoms with E-state index in [0.717, 1.165) is 11.1 Å². The normalized spacial score (nSPS) is 35.2. The third-order valence-electron chi connectivity index (χ3n) is 7.40. The molecule has 0 spiro atoms. The zero-order valence-electron chi connectivity index (χ0n) is 20.5. The second-order valence-electron chi connectivity index (χ2n) is 9.49. The van der Waals surface area contributed by atoms with Crippen LogP contribution in [0.4, 0.5) is 0 Å². The van der Waals surface area contributed by atoms with Crippen molar-refractivity contribution in [1.29, 1.82) is 0 Å². The number of methoxy groups -OCH3 is 2. The monoisotopic (exact) mass is 520 g/mol. The van der Waals surface area contributed by atoms with Gasteiger partial charge in [-0.15, -0.1) is 0 Å². The van der Waals surface area contributed by atoms with Crippen LogP contribution in [-0.4, -0.2) is 90.3 Å². The molecule has 7 unspecified atom stereocenters. The van der Waals surface area contributed by atoms with Gasteiger partial charge in [0.2, 0.25) is 6.29 Å². The van der Waals surface area contributed by atoms with Gasteiger partial charge < -0.3 is 54.0 Å². The van der Waals surface area contributed by atoms with Crippen LogP contribution in [0.5, 0.6) is 23.0 Å². The number of phenolic OH excluding ortho intramolecular Hbond substituents is 1. The number of rotatable bonds is 7. The predicted octanol–water partition coefficient (Wildman–Crippen LogP) is 0.663. The molecule has 9 atom stereocenters. The van der Waals surface area contributed by atoms with Crippen LogP contribution in [0.3, 0.4) is 0 Å². The summed E-state index contributed by atoms with van der Waals surface area (Å²) in [6.45, 7) is 0.436. The predicted molar refractivity (Wildman–Crippen MR) is 126 cm³/mol. The summed E-state index contributed by atoms with van der Waals surface area (Å²) in [5.41, 5.74) is 1.77. The molecule has 37 heavy (non-hydrogen) atoms. The molecule has 5 N–H and O–H groups in total. The minimum atomic E-state index is -1.55. The fourth-order valence-corrected chi connectivity index (χ4v) is 5.35. The van der Waals surface area contributed by atoms with E-state index in [4.69, 9.17) is 28.4 Å². The molecular formula is C26H32O11. The van der Waals surface area contributed by atoms with Crippen LogP contribution < -0.4 is 14.2 Å². The lowest BCUT2D eigenvalue weighted by atomic mass is 9.85. The topological polar surface area (TPSA) is 157 Å². The number of fused-ring (bicyclic) bond motifs is 1. The van der Waals surface area contributed by atoms with Crippen molar-refractivity contribution in [2.75, 3.05) is 34.0 Å². The fraction of sp³-hybridized carbons (Fsp3) is 0.538. The summed E-state index contributed by atoms with van der Waals surface area (Å²) >= 11 is 0. The van der Waals surface area contributed by atoms with E-state index in [-0.39, 0.29) is 35.5 Å². The highest BCUT2D eigenvalue weighted by atomic mass is 16.7. The Morgan fingerprint density at radius 3 is 1.97 bits per heavy atom. The van der Waals surface area contributed by atoms with Crippen molar-refractivity contribution >= 4 is 0 Å². The Morgan fingerprint density at radius 1 is 0.784 bits per heavy atom. The van der Waals surface area contributed by atoms with Gasteiger partial charge in [-0.25, -0.2) is 0 Å². The van der Waals surface area contributed by atoms with Gasteiger partial charge in [0.05, 0.1) is 46.2 Å². The first-order valence-corrected chi connectivity index (χ1v) is 12.1. The first kappa shape index (κ1) is 26.0. The van der Waals surface area contributed by atoms with Crippen molar-refractivity contribution in [2.24, 2.45) is 11.8 Å². The summed E-state index contributed by atoms with van der Waals surface area (Å²) in [4.78, 5) is 0. The number of aliphatic hydroxyl groups is 4. The molecule has 3 aliphatic rings. The minimum Gasteiger partial charge on any atom is -0.504 e. The molecule has 3 saturated heterocycles. The lowest BCUT2D eigenvalue weighted by Crippen LogP contribution is -2.60. The molecule has 3 fully saturated rings. The first-order valence-electron chi connectivity index (χ1n) is 12.1. The highest BCUT2D eigenvalue weighted by Gasteiger charge is 2.49. The zero-order chi connectivity index (χ0) is 26.3. The Balaban J connectivity index is 1.32. The van der Waals surface area contributed by atoms with Gasteiger partial charge in [0.25, 0.3) is 0 Å². The van der Waals surface area contributed by atoms with Crippen LogP contribution in [0, 0.1) is 11.8 Å². The molecule has 3 aliphatic heterocycles. The second-order valence-corrected chi connectivity index (χ2v) is 9.49. The van der Waals surface area contributed by atoms with E-state index in [1.807, 2.05) is 12.1 Å². The van der Waals surface area contributed by atoms with Crippen molar-refractivity contribution < 1.29 is 54.0 Å². The molecular weight excluding hydrogens is 488 g/mol. The Kier molecular flexibility index (Phi) is 7.46. The quantitative estimate of drug-likeness (QED) is 0.349. The molecule has 11 nitrogen and oxygen atoms in total. The van der Waals surface area contributed by atoms with Gasteiger partial charge in [-0.05, 0) is 35.4 Å². The lowest BCUT2D eigenvalue weighted by Gasteiger charge is -2.39. The lowest BCUT2D eigenvalue weighted by molar-refractivity contribution is -0.277. The zero-order valence-corrected chi connectivity index (χ0v) is 20.5. The van der Waals surface area contributed by atoms with Gasteiger partial charge in [-0.2, -0.15) is 0 Å². The largest absolute Gasteiger partial charge is 0.504 e. The Labute approximate surface area is 213 Å². The molecule has 0 aliphatic carbocycles. The maximum Gasteiger partial charge on any atom is 0.229 e. The SMILES string of the molecule is COc1cc(C2OC[C@@H]3C(c4ccc(OC5OC(CO)C(O)C(O)C5O)c(OC)c4)OC[C@H]23)ccc1O. The van der Waals surface area contributed by atoms with Crippen LogP contribution in [0.1, 0.15) is 23.3 Å². The average molecular weight is 521 g/mol. The Hall–Kier alpha value is -2.64. The Bertz CT molecular complexity index is 1090. The van der Waals surface area contributed by atoms with Crippen molar-refractivity contribution in [3.8, 4) is 23.0 Å². The van der Waals surface area contributed by atoms with Crippen LogP contribution in [0.25, 0.3) is 0 Å². The first-order chi connectivity index (χ1) is 17.9. The van der Waals surface area contributed by atoms with Crippen molar-refractivity contribution in [3.05, 3.63) is 47.5 Å². The molecule has 3 heterocycles. The molecule has 5 rings (SSSR count). The molecule has 2 aromatic carbocycles. The van der Waals surface area contributed by atoms with Gasteiger partial charge >= 0.3 is 0 Å². The summed E-state index contributed by atoms with van der Waals surface area (Å²) < 4.78 is 34.3. The summed E-state index contributed by atoms with van der Waals surface area (Å²) in [6.07, 6.45) is -7.41. The van der Waals surface area contributed by atoms with Gasteiger partial charge in [0.1, 0.15) is 24.4 Å². The van der Waals surface area contributed by atoms with Crippen LogP contribution in [0.2, 0.25) is 0 Å². The number of benzene rings is 2.